The van der Waals surface area contributed by atoms with Gasteiger partial charge in [-0.3, -0.25) is 9.59 Å². The number of sulfonamides is 1. The van der Waals surface area contributed by atoms with E-state index in [9.17, 15) is 18.0 Å². The number of amides is 2. The Balaban J connectivity index is 1.29. The third-order valence-corrected chi connectivity index (χ3v) is 9.48. The Kier molecular flexibility index (Phi) is 8.34. The van der Waals surface area contributed by atoms with Crippen LogP contribution in [-0.2, 0) is 26.0 Å². The van der Waals surface area contributed by atoms with E-state index >= 15 is 0 Å². The SMILES string of the molecule is O=C(NCCc1ccccc1)[C@@H]1CN(C(=O)[C@@H]2CCCN(S(=O)(=O)c3ccc(Br)cc3)C2)c2ccccc2O1. The predicted molar refractivity (Wildman–Crippen MR) is 152 cm³/mol. The number of fused-ring (bicyclic) bond motifs is 1. The van der Waals surface area contributed by atoms with E-state index < -0.39 is 22.0 Å². The van der Waals surface area contributed by atoms with E-state index in [0.717, 1.165) is 10.0 Å². The first kappa shape index (κ1) is 27.4. The summed E-state index contributed by atoms with van der Waals surface area (Å²) in [7, 11) is -3.74. The van der Waals surface area contributed by atoms with E-state index in [-0.39, 0.29) is 29.8 Å². The van der Waals surface area contributed by atoms with Gasteiger partial charge < -0.3 is 15.0 Å². The molecule has 1 saturated heterocycles. The van der Waals surface area contributed by atoms with Crippen molar-refractivity contribution in [2.75, 3.05) is 31.1 Å². The molecule has 2 heterocycles. The molecule has 0 spiro atoms. The topological polar surface area (TPSA) is 96.0 Å². The van der Waals surface area contributed by atoms with Crippen LogP contribution in [0.15, 0.2) is 88.2 Å². The molecular weight excluding hydrogens is 582 g/mol. The van der Waals surface area contributed by atoms with Crippen LogP contribution in [-0.4, -0.2) is 56.8 Å². The molecule has 0 bridgehead atoms. The van der Waals surface area contributed by atoms with Gasteiger partial charge in [0.05, 0.1) is 23.0 Å². The number of hydrogen-bond donors (Lipinski definition) is 1. The number of anilines is 1. The van der Waals surface area contributed by atoms with Crippen LogP contribution >= 0.6 is 15.9 Å². The normalized spacial score (nSPS) is 19.6. The molecule has 39 heavy (non-hydrogen) atoms. The highest BCUT2D eigenvalue weighted by Crippen LogP contribution is 2.35. The van der Waals surface area contributed by atoms with E-state index in [1.807, 2.05) is 36.4 Å². The van der Waals surface area contributed by atoms with Gasteiger partial charge in [0.2, 0.25) is 15.9 Å². The van der Waals surface area contributed by atoms with Gasteiger partial charge in [0.1, 0.15) is 5.75 Å². The van der Waals surface area contributed by atoms with Crippen LogP contribution < -0.4 is 15.0 Å². The van der Waals surface area contributed by atoms with Crippen molar-refractivity contribution in [3.63, 3.8) is 0 Å². The number of nitrogens with one attached hydrogen (secondary N) is 1. The van der Waals surface area contributed by atoms with Crippen molar-refractivity contribution >= 4 is 43.5 Å². The van der Waals surface area contributed by atoms with Crippen LogP contribution in [0, 0.1) is 5.92 Å². The molecule has 5 rings (SSSR count). The second-order valence-corrected chi connectivity index (χ2v) is 12.6. The molecule has 0 saturated carbocycles. The summed E-state index contributed by atoms with van der Waals surface area (Å²) in [5.41, 5.74) is 1.70. The van der Waals surface area contributed by atoms with Crippen LogP contribution in [0.3, 0.4) is 0 Å². The Labute approximate surface area is 237 Å². The minimum atomic E-state index is -3.74. The maximum atomic E-state index is 13.8. The fraction of sp³-hybridized carbons (Fsp3) is 0.310. The number of piperidine rings is 1. The first-order valence-corrected chi connectivity index (χ1v) is 15.2. The second-order valence-electron chi connectivity index (χ2n) is 9.71. The zero-order valence-electron chi connectivity index (χ0n) is 21.3. The zero-order chi connectivity index (χ0) is 27.4. The highest BCUT2D eigenvalue weighted by Gasteiger charge is 2.39. The van der Waals surface area contributed by atoms with Crippen molar-refractivity contribution in [2.45, 2.75) is 30.3 Å². The number of para-hydroxylation sites is 2. The molecular formula is C29H30BrN3O5S. The maximum Gasteiger partial charge on any atom is 0.262 e. The van der Waals surface area contributed by atoms with Gasteiger partial charge in [-0.15, -0.1) is 0 Å². The molecule has 1 N–H and O–H groups in total. The predicted octanol–water partition coefficient (Wildman–Crippen LogP) is 4.00. The molecule has 204 valence electrons. The molecule has 3 aromatic rings. The van der Waals surface area contributed by atoms with Crippen LogP contribution in [0.1, 0.15) is 18.4 Å². The van der Waals surface area contributed by atoms with Gasteiger partial charge >= 0.3 is 0 Å². The first-order valence-electron chi connectivity index (χ1n) is 13.0. The molecule has 3 aromatic carbocycles. The molecule has 0 unspecified atom stereocenters. The van der Waals surface area contributed by atoms with Crippen LogP contribution in [0.2, 0.25) is 0 Å². The van der Waals surface area contributed by atoms with Crippen molar-refractivity contribution in [3.05, 3.63) is 88.9 Å². The summed E-state index contributed by atoms with van der Waals surface area (Å²) < 4.78 is 34.8. The van der Waals surface area contributed by atoms with Gasteiger partial charge in [0.15, 0.2) is 6.10 Å². The molecule has 1 fully saturated rings. The molecule has 2 aliphatic rings. The lowest BCUT2D eigenvalue weighted by molar-refractivity contribution is -0.129. The molecule has 0 aromatic heterocycles. The number of benzene rings is 3. The quantitative estimate of drug-likeness (QED) is 0.436. The zero-order valence-corrected chi connectivity index (χ0v) is 23.7. The molecule has 2 atom stereocenters. The van der Waals surface area contributed by atoms with Crippen LogP contribution in [0.5, 0.6) is 5.75 Å². The number of carbonyl (C=O) groups is 2. The summed E-state index contributed by atoms with van der Waals surface area (Å²) in [6, 6.07) is 23.5. The maximum absolute atomic E-state index is 13.8. The summed E-state index contributed by atoms with van der Waals surface area (Å²) in [6.07, 6.45) is 0.953. The second kappa shape index (κ2) is 11.9. The van der Waals surface area contributed by atoms with E-state index in [0.29, 0.717) is 43.8 Å². The number of halogens is 1. The largest absolute Gasteiger partial charge is 0.477 e. The lowest BCUT2D eigenvalue weighted by atomic mass is 9.97. The van der Waals surface area contributed by atoms with Gasteiger partial charge in [-0.05, 0) is 61.2 Å². The molecule has 0 aliphatic carbocycles. The Bertz CT molecular complexity index is 1430. The lowest BCUT2D eigenvalue weighted by Crippen LogP contribution is -2.54. The van der Waals surface area contributed by atoms with Crippen molar-refractivity contribution in [1.29, 1.82) is 0 Å². The fourth-order valence-corrected chi connectivity index (χ4v) is 6.79. The smallest absolute Gasteiger partial charge is 0.262 e. The standard InChI is InChI=1S/C29H30BrN3O5S/c30-23-12-14-24(15-13-23)39(36,37)32-18-6-9-22(19-32)29(35)33-20-27(38-26-11-5-4-10-25(26)33)28(34)31-17-16-21-7-2-1-3-8-21/h1-5,7-8,10-15,22,27H,6,9,16-20H2,(H,31,34)/t22-,27+/m1/s1. The average molecular weight is 613 g/mol. The third kappa shape index (κ3) is 6.18. The highest BCUT2D eigenvalue weighted by atomic mass is 79.9. The van der Waals surface area contributed by atoms with Crippen molar-refractivity contribution in [1.82, 2.24) is 9.62 Å². The summed E-state index contributed by atoms with van der Waals surface area (Å²) in [5, 5.41) is 2.93. The number of carbonyl (C=O) groups excluding carboxylic acids is 2. The Morgan fingerprint density at radius 2 is 1.67 bits per heavy atom. The molecule has 10 heteroatoms. The van der Waals surface area contributed by atoms with Crippen LogP contribution in [0.4, 0.5) is 5.69 Å². The van der Waals surface area contributed by atoms with E-state index in [1.54, 1.807) is 47.4 Å². The number of nitrogens with zero attached hydrogens (tertiary/aromatic N) is 2. The van der Waals surface area contributed by atoms with Gasteiger partial charge in [0, 0.05) is 24.1 Å². The van der Waals surface area contributed by atoms with Gasteiger partial charge in [0.25, 0.3) is 5.91 Å². The Hall–Kier alpha value is -3.21. The van der Waals surface area contributed by atoms with Crippen molar-refractivity contribution in [2.24, 2.45) is 5.92 Å². The Morgan fingerprint density at radius 1 is 0.949 bits per heavy atom. The van der Waals surface area contributed by atoms with Crippen LogP contribution in [0.25, 0.3) is 0 Å². The molecule has 8 nitrogen and oxygen atoms in total. The lowest BCUT2D eigenvalue weighted by Gasteiger charge is -2.38. The summed E-state index contributed by atoms with van der Waals surface area (Å²) in [4.78, 5) is 28.7. The summed E-state index contributed by atoms with van der Waals surface area (Å²) >= 11 is 3.34. The number of rotatable bonds is 7. The molecule has 2 amide bonds. The summed E-state index contributed by atoms with van der Waals surface area (Å²) in [6.45, 7) is 0.950. The van der Waals surface area contributed by atoms with Crippen molar-refractivity contribution < 1.29 is 22.7 Å². The molecule has 2 aliphatic heterocycles. The van der Waals surface area contributed by atoms with Crippen molar-refractivity contribution in [3.8, 4) is 5.75 Å². The molecule has 0 radical (unpaired) electrons. The first-order chi connectivity index (χ1) is 18.8. The van der Waals surface area contributed by atoms with Gasteiger partial charge in [-0.2, -0.15) is 4.31 Å². The average Bonchev–Trinajstić information content (AvgIpc) is 2.97. The van der Waals surface area contributed by atoms with E-state index in [4.69, 9.17) is 4.74 Å². The number of ether oxygens (including phenoxy) is 1. The minimum Gasteiger partial charge on any atom is -0.477 e. The van der Waals surface area contributed by atoms with E-state index in [2.05, 4.69) is 21.2 Å². The Morgan fingerprint density at radius 3 is 2.44 bits per heavy atom. The third-order valence-electron chi connectivity index (χ3n) is 7.07. The minimum absolute atomic E-state index is 0.0585. The van der Waals surface area contributed by atoms with E-state index in [1.165, 1.54) is 4.31 Å². The monoisotopic (exact) mass is 611 g/mol. The summed E-state index contributed by atoms with van der Waals surface area (Å²) in [5.74, 6) is -0.572. The van der Waals surface area contributed by atoms with Gasteiger partial charge in [-0.25, -0.2) is 8.42 Å². The number of hydrogen-bond acceptors (Lipinski definition) is 5. The highest BCUT2D eigenvalue weighted by molar-refractivity contribution is 9.10. The fourth-order valence-electron chi connectivity index (χ4n) is 5.01. The van der Waals surface area contributed by atoms with Gasteiger partial charge in [-0.1, -0.05) is 58.4 Å².